The second-order valence-corrected chi connectivity index (χ2v) is 9.61. The van der Waals surface area contributed by atoms with Crippen molar-refractivity contribution in [2.45, 2.75) is 75.8 Å². The van der Waals surface area contributed by atoms with Gasteiger partial charge in [0.1, 0.15) is 30.2 Å². The van der Waals surface area contributed by atoms with Gasteiger partial charge in [-0.2, -0.15) is 0 Å². The van der Waals surface area contributed by atoms with Crippen molar-refractivity contribution in [1.82, 2.24) is 31.9 Å². The molecule has 13 N–H and O–H groups in total. The lowest BCUT2D eigenvalue weighted by molar-refractivity contribution is -0.143. The first-order valence-corrected chi connectivity index (χ1v) is 13.4. The second-order valence-electron chi connectivity index (χ2n) is 9.61. The number of rotatable bonds is 21. The normalized spacial score (nSPS) is 14.6. The summed E-state index contributed by atoms with van der Waals surface area (Å²) in [5.41, 5.74) is 5.40. The van der Waals surface area contributed by atoms with Gasteiger partial charge >= 0.3 is 17.9 Å². The van der Waals surface area contributed by atoms with Crippen molar-refractivity contribution >= 4 is 53.4 Å². The molecule has 0 heterocycles. The van der Waals surface area contributed by atoms with Gasteiger partial charge < -0.3 is 63.2 Å². The molecule has 45 heavy (non-hydrogen) atoms. The van der Waals surface area contributed by atoms with Gasteiger partial charge in [-0.3, -0.25) is 38.4 Å². The summed E-state index contributed by atoms with van der Waals surface area (Å²) < 4.78 is 0. The van der Waals surface area contributed by atoms with E-state index in [0.29, 0.717) is 0 Å². The number of hydrogen-bond acceptors (Lipinski definition) is 12. The Hall–Kier alpha value is -4.89. The Balaban J connectivity index is 5.22. The van der Waals surface area contributed by atoms with Crippen molar-refractivity contribution in [3.8, 4) is 0 Å². The molecule has 0 aliphatic carbocycles. The zero-order chi connectivity index (χ0) is 34.9. The molecular weight excluding hydrogens is 610 g/mol. The highest BCUT2D eigenvalue weighted by Crippen LogP contribution is 2.01. The summed E-state index contributed by atoms with van der Waals surface area (Å²) in [4.78, 5) is 107. The van der Waals surface area contributed by atoms with Crippen molar-refractivity contribution in [3.05, 3.63) is 0 Å². The van der Waals surface area contributed by atoms with Crippen LogP contribution in [0.15, 0.2) is 0 Å². The Bertz CT molecular complexity index is 1120. The van der Waals surface area contributed by atoms with Gasteiger partial charge in [0.05, 0.1) is 25.8 Å². The van der Waals surface area contributed by atoms with E-state index in [1.165, 1.54) is 6.92 Å². The molecule has 0 unspecified atom stereocenters. The van der Waals surface area contributed by atoms with Crippen LogP contribution in [0.2, 0.25) is 0 Å². The van der Waals surface area contributed by atoms with Gasteiger partial charge in [-0.15, -0.1) is 0 Å². The van der Waals surface area contributed by atoms with E-state index in [2.05, 4.69) is 31.9 Å². The van der Waals surface area contributed by atoms with Gasteiger partial charge in [0.15, 0.2) is 0 Å². The van der Waals surface area contributed by atoms with Crippen LogP contribution in [-0.2, 0) is 43.2 Å². The summed E-state index contributed by atoms with van der Waals surface area (Å²) >= 11 is 0. The van der Waals surface area contributed by atoms with Gasteiger partial charge in [0.25, 0.3) is 0 Å². The maximum Gasteiger partial charge on any atom is 0.326 e. The van der Waals surface area contributed by atoms with Crippen LogP contribution >= 0.6 is 0 Å². The molecule has 0 aromatic heterocycles. The highest BCUT2D eigenvalue weighted by atomic mass is 16.4. The van der Waals surface area contributed by atoms with Crippen molar-refractivity contribution in [1.29, 1.82) is 0 Å². The molecule has 21 nitrogen and oxygen atoms in total. The van der Waals surface area contributed by atoms with E-state index in [1.54, 1.807) is 0 Å². The van der Waals surface area contributed by atoms with E-state index < -0.39 is 135 Å². The first-order chi connectivity index (χ1) is 20.9. The fourth-order valence-electron chi connectivity index (χ4n) is 3.24. The Morgan fingerprint density at radius 1 is 0.578 bits per heavy atom. The maximum atomic E-state index is 12.7. The fourth-order valence-corrected chi connectivity index (χ4v) is 3.24. The molecule has 6 amide bonds. The molecule has 21 heteroatoms. The van der Waals surface area contributed by atoms with Crippen LogP contribution in [0.3, 0.4) is 0 Å². The zero-order valence-corrected chi connectivity index (χ0v) is 24.4. The SMILES string of the molecule is C[C@H](N)C(=O)N[C@@H](CO)C(=O)N[C@@H](CCC(=O)O)C(=O)NCC(=O)N[C@@H](CO)C(=O)N[C@@H](C)C(=O)N[C@@H](CCC(=O)O)C(=O)O. The fraction of sp³-hybridized carbons (Fsp3) is 0.625. The van der Waals surface area contributed by atoms with Crippen LogP contribution < -0.4 is 37.6 Å². The predicted octanol–water partition coefficient (Wildman–Crippen LogP) is -6.31. The molecule has 0 saturated heterocycles. The van der Waals surface area contributed by atoms with Crippen LogP contribution in [-0.4, -0.2) is 135 Å². The molecule has 0 aromatic carbocycles. The number of carbonyl (C=O) groups is 9. The number of amides is 6. The summed E-state index contributed by atoms with van der Waals surface area (Å²) in [6, 6.07) is -8.76. The van der Waals surface area contributed by atoms with Gasteiger partial charge in [-0.1, -0.05) is 0 Å². The number of carbonyl (C=O) groups excluding carboxylic acids is 6. The Morgan fingerprint density at radius 2 is 1.02 bits per heavy atom. The minimum atomic E-state index is -1.66. The van der Waals surface area contributed by atoms with Crippen molar-refractivity contribution in [3.63, 3.8) is 0 Å². The smallest absolute Gasteiger partial charge is 0.326 e. The topological polar surface area (TPSA) is 353 Å². The molecular formula is C24H39N7O14. The van der Waals surface area contributed by atoms with Crippen LogP contribution in [0.25, 0.3) is 0 Å². The molecule has 0 saturated carbocycles. The molecule has 0 spiro atoms. The number of hydrogen-bond donors (Lipinski definition) is 12. The number of carboxylic acid groups (broad SMARTS) is 3. The summed E-state index contributed by atoms with van der Waals surface area (Å²) in [6.45, 7) is -0.261. The third-order valence-electron chi connectivity index (χ3n) is 5.78. The molecule has 0 rings (SSSR count). The van der Waals surface area contributed by atoms with Crippen molar-refractivity contribution in [2.75, 3.05) is 19.8 Å². The van der Waals surface area contributed by atoms with Crippen LogP contribution in [0.1, 0.15) is 39.5 Å². The number of aliphatic hydroxyl groups excluding tert-OH is 2. The zero-order valence-electron chi connectivity index (χ0n) is 24.4. The van der Waals surface area contributed by atoms with Gasteiger partial charge in [0.2, 0.25) is 35.4 Å². The van der Waals surface area contributed by atoms with E-state index in [0.717, 1.165) is 6.92 Å². The van der Waals surface area contributed by atoms with Crippen molar-refractivity contribution in [2.24, 2.45) is 5.73 Å². The number of nitrogens with two attached hydrogens (primary N) is 1. The third-order valence-corrected chi connectivity index (χ3v) is 5.78. The standard InChI is InChI=1S/C24H39N7O14/c1-10(25)19(39)31-15(9-33)23(43)29-12(3-5-17(35)36)21(41)26-7-16(34)28-14(8-32)22(42)27-11(2)20(40)30-13(24(44)45)4-6-18(37)38/h10-15,32-33H,3-9,25H2,1-2H3,(H,26,41)(H,27,42)(H,28,34)(H,29,43)(H,30,40)(H,31,39)(H,35,36)(H,37,38)(H,44,45)/t10-,11-,12-,13-,14-,15-/m0/s1. The lowest BCUT2D eigenvalue weighted by atomic mass is 10.1. The quantitative estimate of drug-likeness (QED) is 0.0550. The predicted molar refractivity (Wildman–Crippen MR) is 148 cm³/mol. The summed E-state index contributed by atoms with van der Waals surface area (Å²) in [5, 5.41) is 58.4. The molecule has 0 aromatic rings. The van der Waals surface area contributed by atoms with Gasteiger partial charge in [-0.05, 0) is 26.7 Å². The Labute approximate surface area is 255 Å². The molecule has 0 radical (unpaired) electrons. The maximum absolute atomic E-state index is 12.7. The minimum absolute atomic E-state index is 0.439. The molecule has 6 atom stereocenters. The summed E-state index contributed by atoms with van der Waals surface area (Å²) in [7, 11) is 0. The number of aliphatic carboxylic acids is 3. The first-order valence-electron chi connectivity index (χ1n) is 13.4. The average molecular weight is 650 g/mol. The highest BCUT2D eigenvalue weighted by Gasteiger charge is 2.29. The average Bonchev–Trinajstić information content (AvgIpc) is 2.96. The van der Waals surface area contributed by atoms with E-state index in [9.17, 15) is 53.4 Å². The molecule has 254 valence electrons. The largest absolute Gasteiger partial charge is 0.481 e. The van der Waals surface area contributed by atoms with Gasteiger partial charge in [0, 0.05) is 12.8 Å². The van der Waals surface area contributed by atoms with Crippen molar-refractivity contribution < 1.29 is 68.7 Å². The number of carboxylic acids is 3. The van der Waals surface area contributed by atoms with E-state index in [-0.39, 0.29) is 0 Å². The van der Waals surface area contributed by atoms with Crippen LogP contribution in [0.4, 0.5) is 0 Å². The van der Waals surface area contributed by atoms with E-state index >= 15 is 0 Å². The van der Waals surface area contributed by atoms with Crippen LogP contribution in [0.5, 0.6) is 0 Å². The second kappa shape index (κ2) is 20.1. The first kappa shape index (κ1) is 40.1. The number of aliphatic hydroxyl groups is 2. The minimum Gasteiger partial charge on any atom is -0.481 e. The monoisotopic (exact) mass is 649 g/mol. The summed E-state index contributed by atoms with van der Waals surface area (Å²) in [6.07, 6.45) is -2.07. The van der Waals surface area contributed by atoms with Crippen LogP contribution in [0, 0.1) is 0 Å². The molecule has 0 aliphatic heterocycles. The molecule has 0 fully saturated rings. The van der Waals surface area contributed by atoms with E-state index in [1.807, 2.05) is 0 Å². The lowest BCUT2D eigenvalue weighted by Gasteiger charge is -2.23. The highest BCUT2D eigenvalue weighted by molar-refractivity contribution is 5.96. The van der Waals surface area contributed by atoms with Gasteiger partial charge in [-0.25, -0.2) is 4.79 Å². The Morgan fingerprint density at radius 3 is 1.49 bits per heavy atom. The Kier molecular flexibility index (Phi) is 17.9. The molecule has 0 aliphatic rings. The third kappa shape index (κ3) is 16.0. The van der Waals surface area contributed by atoms with E-state index in [4.69, 9.17) is 21.1 Å². The lowest BCUT2D eigenvalue weighted by Crippen LogP contribution is -2.58. The summed E-state index contributed by atoms with van der Waals surface area (Å²) in [5.74, 6) is -10.2. The number of nitrogens with one attached hydrogen (secondary N) is 6. The molecule has 0 bridgehead atoms.